The van der Waals surface area contributed by atoms with E-state index in [9.17, 15) is 4.79 Å². The second-order valence-electron chi connectivity index (χ2n) is 5.25. The molecule has 0 saturated heterocycles. The maximum absolute atomic E-state index is 12.4. The van der Waals surface area contributed by atoms with E-state index >= 15 is 0 Å². The zero-order chi connectivity index (χ0) is 18.9. The second-order valence-corrected chi connectivity index (χ2v) is 5.25. The molecule has 0 spiro atoms. The summed E-state index contributed by atoms with van der Waals surface area (Å²) in [6.45, 7) is 2.06. The highest BCUT2D eigenvalue weighted by Gasteiger charge is 2.13. The van der Waals surface area contributed by atoms with Gasteiger partial charge in [0.1, 0.15) is 17.2 Å². The molecular formula is C20H23NO5. The number of carbonyl (C=O) groups excluding carboxylic acids is 1. The summed E-state index contributed by atoms with van der Waals surface area (Å²) in [5, 5.41) is 3.11. The monoisotopic (exact) mass is 357 g/mol. The van der Waals surface area contributed by atoms with E-state index in [1.165, 1.54) is 0 Å². The van der Waals surface area contributed by atoms with E-state index in [0.29, 0.717) is 35.0 Å². The Morgan fingerprint density at radius 1 is 0.923 bits per heavy atom. The van der Waals surface area contributed by atoms with Gasteiger partial charge in [0.2, 0.25) is 0 Å². The molecule has 1 N–H and O–H groups in total. The lowest BCUT2D eigenvalue weighted by molar-refractivity contribution is -0.136. The predicted octanol–water partition coefficient (Wildman–Crippen LogP) is 3.73. The first-order chi connectivity index (χ1) is 12.6. The van der Waals surface area contributed by atoms with Crippen molar-refractivity contribution in [1.82, 2.24) is 0 Å². The first-order valence-corrected chi connectivity index (χ1v) is 8.12. The van der Waals surface area contributed by atoms with Gasteiger partial charge in [-0.3, -0.25) is 0 Å². The molecule has 0 heterocycles. The molecule has 6 nitrogen and oxygen atoms in total. The highest BCUT2D eigenvalue weighted by molar-refractivity contribution is 6.16. The number of hydrogen-bond acceptors (Lipinski definition) is 6. The van der Waals surface area contributed by atoms with Crippen molar-refractivity contribution in [2.45, 2.75) is 6.92 Å². The Labute approximate surface area is 153 Å². The maximum Gasteiger partial charge on any atom is 0.340 e. The van der Waals surface area contributed by atoms with E-state index in [2.05, 4.69) is 5.32 Å². The highest BCUT2D eigenvalue weighted by Crippen LogP contribution is 2.27. The Hall–Kier alpha value is -3.15. The standard InChI is InChI=1S/C20H23NO5/c1-5-26-20(22)19(14-6-8-16(23-2)9-7-14)13-21-15-10-17(24-3)12-18(11-15)25-4/h6-13,21H,5H2,1-4H3/b19-13+. The molecule has 0 aliphatic rings. The summed E-state index contributed by atoms with van der Waals surface area (Å²) < 4.78 is 20.8. The van der Waals surface area contributed by atoms with E-state index in [4.69, 9.17) is 18.9 Å². The summed E-state index contributed by atoms with van der Waals surface area (Å²) in [5.74, 6) is 1.58. The Balaban J connectivity index is 2.34. The van der Waals surface area contributed by atoms with Crippen molar-refractivity contribution in [1.29, 1.82) is 0 Å². The van der Waals surface area contributed by atoms with Crippen molar-refractivity contribution in [3.8, 4) is 17.2 Å². The van der Waals surface area contributed by atoms with Crippen LogP contribution in [0.1, 0.15) is 12.5 Å². The smallest absolute Gasteiger partial charge is 0.340 e. The van der Waals surface area contributed by atoms with Crippen LogP contribution in [0.3, 0.4) is 0 Å². The molecule has 0 bridgehead atoms. The molecule has 0 atom stereocenters. The van der Waals surface area contributed by atoms with E-state index < -0.39 is 5.97 Å². The minimum absolute atomic E-state index is 0.291. The van der Waals surface area contributed by atoms with Crippen molar-refractivity contribution >= 4 is 17.2 Å². The molecule has 0 aliphatic heterocycles. The number of methoxy groups -OCH3 is 3. The van der Waals surface area contributed by atoms with Crippen molar-refractivity contribution in [3.63, 3.8) is 0 Å². The van der Waals surface area contributed by atoms with Crippen LogP contribution in [0.15, 0.2) is 48.7 Å². The molecule has 2 aromatic carbocycles. The summed E-state index contributed by atoms with van der Waals surface area (Å²) in [4.78, 5) is 12.4. The summed E-state index contributed by atoms with van der Waals surface area (Å²) in [6, 6.07) is 12.6. The van der Waals surface area contributed by atoms with Crippen LogP contribution in [0.2, 0.25) is 0 Å². The number of ether oxygens (including phenoxy) is 4. The van der Waals surface area contributed by atoms with Crippen molar-refractivity contribution in [3.05, 3.63) is 54.2 Å². The minimum Gasteiger partial charge on any atom is -0.497 e. The van der Waals surface area contributed by atoms with Gasteiger partial charge < -0.3 is 24.3 Å². The second kappa shape index (κ2) is 9.36. The molecule has 0 aromatic heterocycles. The number of hydrogen-bond donors (Lipinski definition) is 1. The fraction of sp³-hybridized carbons (Fsp3) is 0.250. The Kier molecular flexibility index (Phi) is 6.91. The van der Waals surface area contributed by atoms with Crippen LogP contribution >= 0.6 is 0 Å². The van der Waals surface area contributed by atoms with Gasteiger partial charge in [-0.05, 0) is 24.6 Å². The molecule has 0 unspecified atom stereocenters. The molecule has 138 valence electrons. The average Bonchev–Trinajstić information content (AvgIpc) is 2.68. The molecule has 0 fully saturated rings. The van der Waals surface area contributed by atoms with Crippen molar-refractivity contribution < 1.29 is 23.7 Å². The molecule has 26 heavy (non-hydrogen) atoms. The molecular weight excluding hydrogens is 334 g/mol. The van der Waals surface area contributed by atoms with Gasteiger partial charge in [-0.2, -0.15) is 0 Å². The van der Waals surface area contributed by atoms with Gasteiger partial charge in [-0.1, -0.05) is 12.1 Å². The fourth-order valence-corrected chi connectivity index (χ4v) is 2.29. The van der Waals surface area contributed by atoms with Gasteiger partial charge in [-0.15, -0.1) is 0 Å². The van der Waals surface area contributed by atoms with Gasteiger partial charge in [0.05, 0.1) is 33.5 Å². The molecule has 2 aromatic rings. The van der Waals surface area contributed by atoms with E-state index in [1.807, 2.05) is 0 Å². The van der Waals surface area contributed by atoms with Crippen LogP contribution < -0.4 is 19.5 Å². The Morgan fingerprint density at radius 3 is 2.00 bits per heavy atom. The highest BCUT2D eigenvalue weighted by atomic mass is 16.5. The fourth-order valence-electron chi connectivity index (χ4n) is 2.29. The lowest BCUT2D eigenvalue weighted by Gasteiger charge is -2.11. The zero-order valence-electron chi connectivity index (χ0n) is 15.4. The first kappa shape index (κ1) is 19.2. The van der Waals surface area contributed by atoms with E-state index in [1.54, 1.807) is 76.9 Å². The maximum atomic E-state index is 12.4. The van der Waals surface area contributed by atoms with Crippen LogP contribution in [-0.4, -0.2) is 33.9 Å². The third kappa shape index (κ3) is 4.92. The zero-order valence-corrected chi connectivity index (χ0v) is 15.4. The van der Waals surface area contributed by atoms with Crippen LogP contribution in [-0.2, 0) is 9.53 Å². The third-order valence-electron chi connectivity index (χ3n) is 3.63. The minimum atomic E-state index is -0.417. The lowest BCUT2D eigenvalue weighted by Crippen LogP contribution is -2.08. The summed E-state index contributed by atoms with van der Waals surface area (Å²) >= 11 is 0. The lowest BCUT2D eigenvalue weighted by atomic mass is 10.1. The van der Waals surface area contributed by atoms with Gasteiger partial charge in [0.25, 0.3) is 0 Å². The van der Waals surface area contributed by atoms with Crippen LogP contribution in [0, 0.1) is 0 Å². The molecule has 0 radical (unpaired) electrons. The molecule has 6 heteroatoms. The molecule has 2 rings (SSSR count). The largest absolute Gasteiger partial charge is 0.497 e. The quantitative estimate of drug-likeness (QED) is 0.574. The Bertz CT molecular complexity index is 746. The summed E-state index contributed by atoms with van der Waals surface area (Å²) in [7, 11) is 4.75. The van der Waals surface area contributed by atoms with Gasteiger partial charge in [0.15, 0.2) is 0 Å². The number of rotatable bonds is 8. The summed E-state index contributed by atoms with van der Waals surface area (Å²) in [5.41, 5.74) is 1.83. The number of carbonyl (C=O) groups is 1. The molecule has 0 saturated carbocycles. The number of nitrogens with one attached hydrogen (secondary N) is 1. The topological polar surface area (TPSA) is 66.0 Å². The SMILES string of the molecule is CCOC(=O)/C(=C/Nc1cc(OC)cc(OC)c1)c1ccc(OC)cc1. The van der Waals surface area contributed by atoms with Gasteiger partial charge in [-0.25, -0.2) is 4.79 Å². The Morgan fingerprint density at radius 2 is 1.50 bits per heavy atom. The third-order valence-corrected chi connectivity index (χ3v) is 3.63. The van der Waals surface area contributed by atoms with E-state index in [0.717, 1.165) is 5.69 Å². The number of anilines is 1. The molecule has 0 amide bonds. The number of benzene rings is 2. The molecule has 0 aliphatic carbocycles. The average molecular weight is 357 g/mol. The first-order valence-electron chi connectivity index (χ1n) is 8.12. The van der Waals surface area contributed by atoms with Crippen molar-refractivity contribution in [2.75, 3.05) is 33.3 Å². The van der Waals surface area contributed by atoms with Crippen molar-refractivity contribution in [2.24, 2.45) is 0 Å². The summed E-state index contributed by atoms with van der Waals surface area (Å²) in [6.07, 6.45) is 1.61. The normalized spacial score (nSPS) is 10.8. The van der Waals surface area contributed by atoms with Gasteiger partial charge in [0, 0.05) is 30.1 Å². The van der Waals surface area contributed by atoms with Crippen LogP contribution in [0.5, 0.6) is 17.2 Å². The number of esters is 1. The van der Waals surface area contributed by atoms with Crippen LogP contribution in [0.4, 0.5) is 5.69 Å². The van der Waals surface area contributed by atoms with Gasteiger partial charge >= 0.3 is 5.97 Å². The van der Waals surface area contributed by atoms with Crippen LogP contribution in [0.25, 0.3) is 5.57 Å². The predicted molar refractivity (Wildman–Crippen MR) is 101 cm³/mol. The van der Waals surface area contributed by atoms with E-state index in [-0.39, 0.29) is 0 Å².